The zero-order valence-corrected chi connectivity index (χ0v) is 18.8. The van der Waals surface area contributed by atoms with E-state index >= 15 is 0 Å². The van der Waals surface area contributed by atoms with Crippen LogP contribution >= 0.6 is 0 Å². The number of hydrogen-bond acceptors (Lipinski definition) is 3. The molecular weight excluding hydrogens is 390 g/mol. The van der Waals surface area contributed by atoms with Crippen LogP contribution in [0.2, 0.25) is 0 Å². The second-order valence-corrected chi connectivity index (χ2v) is 8.31. The third-order valence-electron chi connectivity index (χ3n) is 6.34. The van der Waals surface area contributed by atoms with Crippen molar-refractivity contribution in [3.05, 3.63) is 35.5 Å². The number of aromatic amines is 1. The molecule has 0 spiro atoms. The van der Waals surface area contributed by atoms with Gasteiger partial charge in [0.05, 0.1) is 0 Å². The predicted molar refractivity (Wildman–Crippen MR) is 124 cm³/mol. The fourth-order valence-electron chi connectivity index (χ4n) is 4.60. The van der Waals surface area contributed by atoms with Gasteiger partial charge in [0.15, 0.2) is 5.96 Å². The lowest BCUT2D eigenvalue weighted by molar-refractivity contribution is -0.142. The molecule has 0 aliphatic carbocycles. The molecule has 0 radical (unpaired) electrons. The summed E-state index contributed by atoms with van der Waals surface area (Å²) < 4.78 is 5.57. The molecule has 2 saturated heterocycles. The molecule has 2 aliphatic heterocycles. The van der Waals surface area contributed by atoms with Gasteiger partial charge in [-0.05, 0) is 43.7 Å². The van der Waals surface area contributed by atoms with E-state index in [1.54, 1.807) is 0 Å². The largest absolute Gasteiger partial charge is 0.368 e. The van der Waals surface area contributed by atoms with Crippen LogP contribution in [0, 0.1) is 0 Å². The zero-order valence-electron chi connectivity index (χ0n) is 18.8. The molecule has 2 aliphatic rings. The van der Waals surface area contributed by atoms with E-state index < -0.39 is 0 Å². The molecule has 0 bridgehead atoms. The number of nitrogens with one attached hydrogen (secondary N) is 2. The number of fused-ring (bicyclic) bond motifs is 1. The number of aromatic nitrogens is 1. The number of carbonyl (C=O) groups excluding carboxylic acids is 1. The summed E-state index contributed by atoms with van der Waals surface area (Å²) in [5.74, 6) is 1.10. The van der Waals surface area contributed by atoms with Crippen LogP contribution in [0.4, 0.5) is 0 Å². The fourth-order valence-corrected chi connectivity index (χ4v) is 4.60. The minimum atomic E-state index is -0.224. The smallest absolute Gasteiger partial charge is 0.251 e. The van der Waals surface area contributed by atoms with E-state index in [-0.39, 0.29) is 12.0 Å². The Labute approximate surface area is 184 Å². The number of aryl methyl sites for hydroxylation is 1. The van der Waals surface area contributed by atoms with Crippen molar-refractivity contribution < 1.29 is 9.53 Å². The number of aliphatic imine (C=N–C) groups is 1. The molecule has 1 aromatic carbocycles. The van der Waals surface area contributed by atoms with Gasteiger partial charge in [-0.3, -0.25) is 9.79 Å². The lowest BCUT2D eigenvalue weighted by Gasteiger charge is -2.37. The van der Waals surface area contributed by atoms with Crippen LogP contribution in [-0.4, -0.2) is 78.6 Å². The number of rotatable bonds is 6. The lowest BCUT2D eigenvalue weighted by Crippen LogP contribution is -2.55. The number of para-hydroxylation sites is 1. The molecule has 1 aromatic heterocycles. The van der Waals surface area contributed by atoms with Gasteiger partial charge >= 0.3 is 0 Å². The maximum atomic E-state index is 12.6. The quantitative estimate of drug-likeness (QED) is 0.551. The summed E-state index contributed by atoms with van der Waals surface area (Å²) >= 11 is 0. The maximum absolute atomic E-state index is 12.6. The molecule has 2 fully saturated rings. The Morgan fingerprint density at radius 3 is 2.71 bits per heavy atom. The number of benzene rings is 1. The number of ether oxygens (including phenoxy) is 1. The second kappa shape index (κ2) is 10.2. The highest BCUT2D eigenvalue weighted by Gasteiger charge is 2.30. The lowest BCUT2D eigenvalue weighted by atomic mass is 10.1. The Morgan fingerprint density at radius 2 is 2.00 bits per heavy atom. The number of guanidine groups is 1. The standard InChI is InChI=1S/C24H35N5O2/c1-3-18-7-5-8-20-19(17-27-22(18)20)10-11-26-24(25-4-2)29-14-12-28(13-15-29)23(30)21-9-6-16-31-21/h5,7-8,17,21,27H,3-4,6,9-16H2,1-2H3,(H,25,26). The highest BCUT2D eigenvalue weighted by atomic mass is 16.5. The number of amides is 1. The Bertz CT molecular complexity index is 908. The highest BCUT2D eigenvalue weighted by molar-refractivity contribution is 5.86. The summed E-state index contributed by atoms with van der Waals surface area (Å²) in [5.41, 5.74) is 3.93. The van der Waals surface area contributed by atoms with E-state index in [9.17, 15) is 4.79 Å². The van der Waals surface area contributed by atoms with Crippen molar-refractivity contribution in [3.63, 3.8) is 0 Å². The summed E-state index contributed by atoms with van der Waals surface area (Å²) in [4.78, 5) is 25.2. The van der Waals surface area contributed by atoms with Crippen LogP contribution in [0.25, 0.3) is 10.9 Å². The number of carbonyl (C=O) groups is 1. The zero-order chi connectivity index (χ0) is 21.6. The summed E-state index contributed by atoms with van der Waals surface area (Å²) in [6.45, 7) is 9.63. The third kappa shape index (κ3) is 4.87. The van der Waals surface area contributed by atoms with Gasteiger partial charge in [0, 0.05) is 63.0 Å². The molecule has 2 aromatic rings. The van der Waals surface area contributed by atoms with Crippen molar-refractivity contribution in [2.45, 2.75) is 45.6 Å². The number of nitrogens with zero attached hydrogens (tertiary/aromatic N) is 3. The van der Waals surface area contributed by atoms with Crippen molar-refractivity contribution in [1.82, 2.24) is 20.1 Å². The van der Waals surface area contributed by atoms with Crippen molar-refractivity contribution in [3.8, 4) is 0 Å². The van der Waals surface area contributed by atoms with Gasteiger partial charge in [0.1, 0.15) is 6.10 Å². The molecule has 168 valence electrons. The van der Waals surface area contributed by atoms with Crippen LogP contribution < -0.4 is 5.32 Å². The minimum Gasteiger partial charge on any atom is -0.368 e. The fraction of sp³-hybridized carbons (Fsp3) is 0.583. The molecule has 1 atom stereocenters. The molecule has 7 nitrogen and oxygen atoms in total. The first-order valence-corrected chi connectivity index (χ1v) is 11.7. The van der Waals surface area contributed by atoms with Gasteiger partial charge in [-0.2, -0.15) is 0 Å². The van der Waals surface area contributed by atoms with Crippen LogP contribution in [0.3, 0.4) is 0 Å². The Hall–Kier alpha value is -2.54. The molecule has 4 rings (SSSR count). The predicted octanol–water partition coefficient (Wildman–Crippen LogP) is 2.56. The second-order valence-electron chi connectivity index (χ2n) is 8.31. The molecular formula is C24H35N5O2. The van der Waals surface area contributed by atoms with Crippen molar-refractivity contribution in [2.24, 2.45) is 4.99 Å². The number of hydrogen-bond donors (Lipinski definition) is 2. The first kappa shape index (κ1) is 21.7. The topological polar surface area (TPSA) is 73.0 Å². The first-order chi connectivity index (χ1) is 15.2. The van der Waals surface area contributed by atoms with Gasteiger partial charge in [0.2, 0.25) is 0 Å². The van der Waals surface area contributed by atoms with E-state index in [0.29, 0.717) is 6.61 Å². The highest BCUT2D eigenvalue weighted by Crippen LogP contribution is 2.22. The Kier molecular flexibility index (Phi) is 7.12. The van der Waals surface area contributed by atoms with Gasteiger partial charge in [-0.25, -0.2) is 0 Å². The van der Waals surface area contributed by atoms with Gasteiger partial charge in [-0.1, -0.05) is 25.1 Å². The first-order valence-electron chi connectivity index (χ1n) is 11.7. The summed E-state index contributed by atoms with van der Waals surface area (Å²) in [5, 5.41) is 4.73. The molecule has 31 heavy (non-hydrogen) atoms. The van der Waals surface area contributed by atoms with E-state index in [4.69, 9.17) is 9.73 Å². The van der Waals surface area contributed by atoms with E-state index in [0.717, 1.165) is 70.9 Å². The monoisotopic (exact) mass is 425 g/mol. The average Bonchev–Trinajstić information content (AvgIpc) is 3.48. The van der Waals surface area contributed by atoms with E-state index in [1.807, 2.05) is 4.90 Å². The summed E-state index contributed by atoms with van der Waals surface area (Å²) in [6.07, 6.45) is 5.68. The Balaban J connectivity index is 1.35. The molecule has 1 unspecified atom stereocenters. The molecule has 0 saturated carbocycles. The van der Waals surface area contributed by atoms with Gasteiger partial charge in [-0.15, -0.1) is 0 Å². The molecule has 3 heterocycles. The summed E-state index contributed by atoms with van der Waals surface area (Å²) in [7, 11) is 0. The van der Waals surface area contributed by atoms with Crippen LogP contribution in [0.5, 0.6) is 0 Å². The number of piperazine rings is 1. The average molecular weight is 426 g/mol. The maximum Gasteiger partial charge on any atom is 0.251 e. The SMILES string of the molecule is CCNC(=NCCc1c[nH]c2c(CC)cccc12)N1CCN(C(=O)C2CCCO2)CC1. The van der Waals surface area contributed by atoms with E-state index in [1.165, 1.54) is 22.0 Å². The molecule has 2 N–H and O–H groups in total. The minimum absolute atomic E-state index is 0.157. The van der Waals surface area contributed by atoms with Crippen molar-refractivity contribution >= 4 is 22.8 Å². The summed E-state index contributed by atoms with van der Waals surface area (Å²) in [6, 6.07) is 6.52. The van der Waals surface area contributed by atoms with Gasteiger partial charge in [0.25, 0.3) is 5.91 Å². The van der Waals surface area contributed by atoms with Crippen LogP contribution in [-0.2, 0) is 22.4 Å². The third-order valence-corrected chi connectivity index (χ3v) is 6.34. The van der Waals surface area contributed by atoms with Gasteiger partial charge < -0.3 is 24.8 Å². The molecule has 1 amide bonds. The Morgan fingerprint density at radius 1 is 1.19 bits per heavy atom. The van der Waals surface area contributed by atoms with Crippen molar-refractivity contribution in [1.29, 1.82) is 0 Å². The number of H-pyrrole nitrogens is 1. The van der Waals surface area contributed by atoms with Crippen molar-refractivity contribution in [2.75, 3.05) is 45.9 Å². The normalized spacial score (nSPS) is 19.9. The van der Waals surface area contributed by atoms with E-state index in [2.05, 4.69) is 53.4 Å². The van der Waals surface area contributed by atoms with Crippen LogP contribution in [0.1, 0.15) is 37.8 Å². The van der Waals surface area contributed by atoms with Crippen LogP contribution in [0.15, 0.2) is 29.4 Å². The molecule has 7 heteroatoms.